The molecule has 1 aromatic carbocycles. The van der Waals surface area contributed by atoms with Crippen LogP contribution < -0.4 is 5.32 Å². The van der Waals surface area contributed by atoms with Gasteiger partial charge in [-0.25, -0.2) is 0 Å². The first-order valence-electron chi connectivity index (χ1n) is 4.30. The summed E-state index contributed by atoms with van der Waals surface area (Å²) in [6, 6.07) is 6.44. The molecule has 1 rings (SSSR count). The molecule has 0 aliphatic heterocycles. The van der Waals surface area contributed by atoms with Gasteiger partial charge >= 0.3 is 0 Å². The largest absolute Gasteiger partial charge is 0.508 e. The van der Waals surface area contributed by atoms with E-state index in [9.17, 15) is 15.0 Å². The van der Waals surface area contributed by atoms with Crippen LogP contribution in [0.4, 0.5) is 0 Å². The van der Waals surface area contributed by atoms with Crippen molar-refractivity contribution in [2.45, 2.75) is 13.2 Å². The molecule has 4 nitrogen and oxygen atoms in total. The predicted molar refractivity (Wildman–Crippen MR) is 51.8 cm³/mol. The van der Waals surface area contributed by atoms with Crippen LogP contribution in [0.5, 0.6) is 5.75 Å². The zero-order valence-corrected chi connectivity index (χ0v) is 7.90. The van der Waals surface area contributed by atoms with E-state index < -0.39 is 6.23 Å². The average Bonchev–Trinajstić information content (AvgIpc) is 2.15. The van der Waals surface area contributed by atoms with Crippen molar-refractivity contribution >= 4 is 5.78 Å². The van der Waals surface area contributed by atoms with E-state index in [2.05, 4.69) is 5.32 Å². The standard InChI is InChI=1S/C10H13NO3/c1-7(12)6-11-10(14)8-4-2-3-5-9(8)13/h2-5,10-11,13-14H,6H2,1H3. The summed E-state index contributed by atoms with van der Waals surface area (Å²) in [6.45, 7) is 1.50. The minimum Gasteiger partial charge on any atom is -0.508 e. The highest BCUT2D eigenvalue weighted by Gasteiger charge is 2.10. The summed E-state index contributed by atoms with van der Waals surface area (Å²) in [5.41, 5.74) is 0.369. The number of phenols is 1. The summed E-state index contributed by atoms with van der Waals surface area (Å²) in [5, 5.41) is 21.5. The molecular formula is C10H13NO3. The van der Waals surface area contributed by atoms with Gasteiger partial charge < -0.3 is 10.2 Å². The number of phenolic OH excluding ortho intramolecular Hbond substituents is 1. The first-order chi connectivity index (χ1) is 6.61. The van der Waals surface area contributed by atoms with E-state index in [1.54, 1.807) is 18.2 Å². The van der Waals surface area contributed by atoms with Crippen molar-refractivity contribution in [3.63, 3.8) is 0 Å². The summed E-state index contributed by atoms with van der Waals surface area (Å²) in [5.74, 6) is -0.0597. The van der Waals surface area contributed by atoms with Crippen LogP contribution >= 0.6 is 0 Å². The van der Waals surface area contributed by atoms with Gasteiger partial charge in [-0.1, -0.05) is 18.2 Å². The first kappa shape index (κ1) is 10.7. The van der Waals surface area contributed by atoms with Gasteiger partial charge in [0.2, 0.25) is 0 Å². The summed E-state index contributed by atoms with van der Waals surface area (Å²) in [7, 11) is 0. The van der Waals surface area contributed by atoms with Gasteiger partial charge in [-0.3, -0.25) is 10.1 Å². The average molecular weight is 195 g/mol. The van der Waals surface area contributed by atoms with Crippen LogP contribution in [0.2, 0.25) is 0 Å². The lowest BCUT2D eigenvalue weighted by Crippen LogP contribution is -2.26. The molecule has 4 heteroatoms. The van der Waals surface area contributed by atoms with Crippen LogP contribution in [0.1, 0.15) is 18.7 Å². The second kappa shape index (κ2) is 4.74. The lowest BCUT2D eigenvalue weighted by Gasteiger charge is -2.12. The minimum atomic E-state index is -1.01. The highest BCUT2D eigenvalue weighted by molar-refractivity contribution is 5.77. The number of carbonyl (C=O) groups excluding carboxylic acids is 1. The highest BCUT2D eigenvalue weighted by atomic mass is 16.3. The number of Topliss-reactive ketones (excluding diaryl/α,β-unsaturated/α-hetero) is 1. The molecule has 1 unspecified atom stereocenters. The van der Waals surface area contributed by atoms with Crippen molar-refractivity contribution in [3.05, 3.63) is 29.8 Å². The minimum absolute atomic E-state index is 0.0102. The van der Waals surface area contributed by atoms with Crippen molar-refractivity contribution in [1.82, 2.24) is 5.32 Å². The van der Waals surface area contributed by atoms with Crippen molar-refractivity contribution in [2.24, 2.45) is 0 Å². The monoisotopic (exact) mass is 195 g/mol. The smallest absolute Gasteiger partial charge is 0.143 e. The van der Waals surface area contributed by atoms with Gasteiger partial charge in [0, 0.05) is 5.56 Å². The molecule has 0 radical (unpaired) electrons. The molecule has 0 saturated heterocycles. The van der Waals surface area contributed by atoms with Gasteiger partial charge in [0.15, 0.2) is 0 Å². The Morgan fingerprint density at radius 2 is 2.14 bits per heavy atom. The second-order valence-corrected chi connectivity index (χ2v) is 3.04. The normalized spacial score (nSPS) is 12.4. The number of para-hydroxylation sites is 1. The topological polar surface area (TPSA) is 69.6 Å². The molecular weight excluding hydrogens is 182 g/mol. The van der Waals surface area contributed by atoms with Crippen LogP contribution in [0.25, 0.3) is 0 Å². The fraction of sp³-hybridized carbons (Fsp3) is 0.300. The molecule has 76 valence electrons. The number of hydrogen-bond donors (Lipinski definition) is 3. The van der Waals surface area contributed by atoms with E-state index in [1.807, 2.05) is 0 Å². The third-order valence-electron chi connectivity index (χ3n) is 1.78. The molecule has 0 aliphatic rings. The van der Waals surface area contributed by atoms with Gasteiger partial charge in [-0.05, 0) is 13.0 Å². The first-order valence-corrected chi connectivity index (χ1v) is 4.30. The maximum absolute atomic E-state index is 10.6. The molecule has 1 aromatic rings. The summed E-state index contributed by atoms with van der Waals surface area (Å²) >= 11 is 0. The van der Waals surface area contributed by atoms with E-state index >= 15 is 0 Å². The van der Waals surface area contributed by atoms with E-state index in [4.69, 9.17) is 0 Å². The van der Waals surface area contributed by atoms with Crippen molar-refractivity contribution < 1.29 is 15.0 Å². The second-order valence-electron chi connectivity index (χ2n) is 3.04. The number of rotatable bonds is 4. The van der Waals surface area contributed by atoms with Crippen molar-refractivity contribution in [3.8, 4) is 5.75 Å². The maximum Gasteiger partial charge on any atom is 0.143 e. The van der Waals surface area contributed by atoms with Crippen molar-refractivity contribution in [2.75, 3.05) is 6.54 Å². The van der Waals surface area contributed by atoms with Crippen molar-refractivity contribution in [1.29, 1.82) is 0 Å². The van der Waals surface area contributed by atoms with Gasteiger partial charge in [0.25, 0.3) is 0 Å². The maximum atomic E-state index is 10.6. The van der Waals surface area contributed by atoms with Crippen LogP contribution in [-0.4, -0.2) is 22.5 Å². The van der Waals surface area contributed by atoms with Crippen LogP contribution in [0.3, 0.4) is 0 Å². The summed E-state index contributed by atoms with van der Waals surface area (Å²) in [6.07, 6.45) is -1.01. The van der Waals surface area contributed by atoms with E-state index in [0.717, 1.165) is 0 Å². The number of aliphatic hydroxyl groups is 1. The third-order valence-corrected chi connectivity index (χ3v) is 1.78. The Bertz CT molecular complexity index is 325. The SMILES string of the molecule is CC(=O)CNC(O)c1ccccc1O. The van der Waals surface area contributed by atoms with E-state index in [1.165, 1.54) is 13.0 Å². The molecule has 0 bridgehead atoms. The number of aliphatic hydroxyl groups excluding tert-OH is 1. The van der Waals surface area contributed by atoms with Gasteiger partial charge in [-0.15, -0.1) is 0 Å². The molecule has 0 aliphatic carbocycles. The number of aromatic hydroxyl groups is 1. The lowest BCUT2D eigenvalue weighted by molar-refractivity contribution is -0.116. The van der Waals surface area contributed by atoms with Crippen LogP contribution in [0, 0.1) is 0 Å². The Balaban J connectivity index is 2.65. The lowest BCUT2D eigenvalue weighted by atomic mass is 10.1. The fourth-order valence-corrected chi connectivity index (χ4v) is 1.07. The van der Waals surface area contributed by atoms with Gasteiger partial charge in [0.05, 0.1) is 6.54 Å². The number of hydrogen-bond acceptors (Lipinski definition) is 4. The predicted octanol–water partition coefficient (Wildman–Crippen LogP) is 0.562. The number of nitrogens with one attached hydrogen (secondary N) is 1. The Labute approximate surface area is 82.2 Å². The summed E-state index contributed by atoms with van der Waals surface area (Å²) in [4.78, 5) is 10.6. The molecule has 0 aromatic heterocycles. The molecule has 0 fully saturated rings. The number of ketones is 1. The number of benzene rings is 1. The van der Waals surface area contributed by atoms with E-state index in [0.29, 0.717) is 5.56 Å². The Morgan fingerprint density at radius 1 is 1.50 bits per heavy atom. The molecule has 0 amide bonds. The van der Waals surface area contributed by atoms with Crippen LogP contribution in [0.15, 0.2) is 24.3 Å². The zero-order chi connectivity index (χ0) is 10.6. The zero-order valence-electron chi connectivity index (χ0n) is 7.90. The Morgan fingerprint density at radius 3 is 2.71 bits per heavy atom. The van der Waals surface area contributed by atoms with E-state index in [-0.39, 0.29) is 18.1 Å². The number of carbonyl (C=O) groups is 1. The molecule has 1 atom stereocenters. The fourth-order valence-electron chi connectivity index (χ4n) is 1.07. The molecule has 14 heavy (non-hydrogen) atoms. The quantitative estimate of drug-likeness (QED) is 0.614. The summed E-state index contributed by atoms with van der Waals surface area (Å²) < 4.78 is 0. The molecule has 0 spiro atoms. The van der Waals surface area contributed by atoms with Gasteiger partial charge in [0.1, 0.15) is 17.8 Å². The highest BCUT2D eigenvalue weighted by Crippen LogP contribution is 2.21. The third kappa shape index (κ3) is 2.83. The molecule has 3 N–H and O–H groups in total. The molecule has 0 heterocycles. The molecule has 0 saturated carbocycles. The van der Waals surface area contributed by atoms with Crippen LogP contribution in [-0.2, 0) is 4.79 Å². The Kier molecular flexibility index (Phi) is 3.62. The Hall–Kier alpha value is -1.39. The van der Waals surface area contributed by atoms with Gasteiger partial charge in [-0.2, -0.15) is 0 Å².